The van der Waals surface area contributed by atoms with Crippen molar-refractivity contribution in [2.24, 2.45) is 29.6 Å². The number of hydrogen-bond acceptors (Lipinski definition) is 0. The summed E-state index contributed by atoms with van der Waals surface area (Å²) in [6, 6.07) is 0. The zero-order valence-corrected chi connectivity index (χ0v) is 7.42. The van der Waals surface area contributed by atoms with E-state index < -0.39 is 0 Å². The van der Waals surface area contributed by atoms with Gasteiger partial charge >= 0.3 is 0 Å². The molecule has 0 aromatic carbocycles. The van der Waals surface area contributed by atoms with E-state index in [1.54, 1.807) is 19.3 Å². The zero-order chi connectivity index (χ0) is 7.42. The molecule has 3 aliphatic rings. The van der Waals surface area contributed by atoms with Gasteiger partial charge in [0, 0.05) is 0 Å². The third kappa shape index (κ3) is 0.711. The van der Waals surface area contributed by atoms with Gasteiger partial charge in [0.05, 0.1) is 0 Å². The molecule has 0 spiro atoms. The molecule has 3 aliphatic carbocycles. The average molecular weight is 150 g/mol. The Morgan fingerprint density at radius 3 is 2.64 bits per heavy atom. The maximum absolute atomic E-state index is 2.32. The molecule has 3 fully saturated rings. The van der Waals surface area contributed by atoms with Gasteiger partial charge in [-0.15, -0.1) is 0 Å². The predicted molar refractivity (Wildman–Crippen MR) is 46.2 cm³/mol. The van der Waals surface area contributed by atoms with Crippen LogP contribution in [0.3, 0.4) is 0 Å². The largest absolute Gasteiger partial charge is 0.0654 e. The van der Waals surface area contributed by atoms with Crippen molar-refractivity contribution in [2.45, 2.75) is 39.0 Å². The van der Waals surface area contributed by atoms with Crippen LogP contribution < -0.4 is 0 Å². The summed E-state index contributed by atoms with van der Waals surface area (Å²) < 4.78 is 0. The summed E-state index contributed by atoms with van der Waals surface area (Å²) in [6.07, 6.45) is 7.69. The Hall–Kier alpha value is 0. The van der Waals surface area contributed by atoms with E-state index in [0.717, 1.165) is 0 Å². The molecule has 3 saturated carbocycles. The van der Waals surface area contributed by atoms with Crippen LogP contribution in [0.1, 0.15) is 39.0 Å². The second-order valence-corrected chi connectivity index (χ2v) is 4.94. The van der Waals surface area contributed by atoms with Crippen molar-refractivity contribution in [3.8, 4) is 0 Å². The minimum Gasteiger partial charge on any atom is -0.0654 e. The highest BCUT2D eigenvalue weighted by molar-refractivity contribution is 5.16. The topological polar surface area (TPSA) is 0 Å². The predicted octanol–water partition coefficient (Wildman–Crippen LogP) is 3.08. The summed E-state index contributed by atoms with van der Waals surface area (Å²) in [5, 5.41) is 0. The van der Waals surface area contributed by atoms with Gasteiger partial charge in [0.1, 0.15) is 0 Å². The summed E-state index contributed by atoms with van der Waals surface area (Å²) in [6.45, 7) is 2.32. The average Bonchev–Trinajstić information content (AvgIpc) is 2.62. The van der Waals surface area contributed by atoms with Crippen LogP contribution in [-0.2, 0) is 0 Å². The van der Waals surface area contributed by atoms with Crippen molar-refractivity contribution in [2.75, 3.05) is 0 Å². The first-order valence-electron chi connectivity index (χ1n) is 5.42. The Balaban J connectivity index is 1.52. The molecule has 0 aromatic heterocycles. The van der Waals surface area contributed by atoms with E-state index in [2.05, 4.69) is 6.92 Å². The smallest absolute Gasteiger partial charge is 0.0323 e. The van der Waals surface area contributed by atoms with Crippen LogP contribution in [-0.4, -0.2) is 0 Å². The van der Waals surface area contributed by atoms with Crippen molar-refractivity contribution < 1.29 is 0 Å². The van der Waals surface area contributed by atoms with Gasteiger partial charge in [-0.3, -0.25) is 0 Å². The highest BCUT2D eigenvalue weighted by Crippen LogP contribution is 2.74. The summed E-state index contributed by atoms with van der Waals surface area (Å²) in [4.78, 5) is 0. The van der Waals surface area contributed by atoms with Crippen LogP contribution in [0.15, 0.2) is 0 Å². The molecule has 0 radical (unpaired) electrons. The van der Waals surface area contributed by atoms with Crippen LogP contribution in [0.4, 0.5) is 0 Å². The van der Waals surface area contributed by atoms with Crippen molar-refractivity contribution >= 4 is 0 Å². The Morgan fingerprint density at radius 2 is 1.91 bits per heavy atom. The molecule has 11 heavy (non-hydrogen) atoms. The maximum Gasteiger partial charge on any atom is -0.0323 e. The molecule has 62 valence electrons. The van der Waals surface area contributed by atoms with Crippen molar-refractivity contribution in [1.82, 2.24) is 0 Å². The monoisotopic (exact) mass is 150 g/mol. The maximum atomic E-state index is 2.32. The van der Waals surface area contributed by atoms with Gasteiger partial charge in [-0.25, -0.2) is 0 Å². The molecule has 5 unspecified atom stereocenters. The molecule has 0 aromatic rings. The third-order valence-corrected chi connectivity index (χ3v) is 4.48. The van der Waals surface area contributed by atoms with E-state index in [4.69, 9.17) is 0 Å². The Bertz CT molecular complexity index is 173. The molecule has 0 N–H and O–H groups in total. The van der Waals surface area contributed by atoms with Gasteiger partial charge in [-0.1, -0.05) is 26.2 Å². The molecular weight excluding hydrogens is 132 g/mol. The highest BCUT2D eigenvalue weighted by atomic mass is 14.7. The molecule has 0 bridgehead atoms. The van der Waals surface area contributed by atoms with Crippen LogP contribution in [0, 0.1) is 29.6 Å². The number of fused-ring (bicyclic) bond motifs is 4. The molecule has 0 saturated heterocycles. The number of rotatable bonds is 3. The van der Waals surface area contributed by atoms with Crippen LogP contribution >= 0.6 is 0 Å². The molecule has 0 heteroatoms. The van der Waals surface area contributed by atoms with Crippen molar-refractivity contribution in [3.63, 3.8) is 0 Å². The summed E-state index contributed by atoms with van der Waals surface area (Å²) in [7, 11) is 0. The van der Waals surface area contributed by atoms with Crippen LogP contribution in [0.2, 0.25) is 0 Å². The lowest BCUT2D eigenvalue weighted by atomic mass is 9.52. The SMILES string of the molecule is CCCCC1CC2C3CC3C12. The van der Waals surface area contributed by atoms with E-state index in [0.29, 0.717) is 0 Å². The van der Waals surface area contributed by atoms with Crippen molar-refractivity contribution in [1.29, 1.82) is 0 Å². The van der Waals surface area contributed by atoms with E-state index >= 15 is 0 Å². The van der Waals surface area contributed by atoms with E-state index in [1.165, 1.54) is 42.4 Å². The highest BCUT2D eigenvalue weighted by Gasteiger charge is 2.68. The standard InChI is InChI=1S/C11H18/c1-2-3-4-7-5-9-8-6-10(8)11(7)9/h7-11H,2-6H2,1H3. The zero-order valence-electron chi connectivity index (χ0n) is 7.42. The molecule has 0 heterocycles. The van der Waals surface area contributed by atoms with Gasteiger partial charge in [-0.2, -0.15) is 0 Å². The lowest BCUT2D eigenvalue weighted by Crippen LogP contribution is -2.46. The van der Waals surface area contributed by atoms with Gasteiger partial charge in [0.2, 0.25) is 0 Å². The fourth-order valence-corrected chi connectivity index (χ4v) is 3.75. The van der Waals surface area contributed by atoms with Crippen LogP contribution in [0.25, 0.3) is 0 Å². The molecule has 0 aliphatic heterocycles. The normalized spacial score (nSPS) is 57.0. The molecular formula is C11H18. The lowest BCUT2D eigenvalue weighted by molar-refractivity contribution is -0.0442. The molecule has 0 amide bonds. The van der Waals surface area contributed by atoms with E-state index in [9.17, 15) is 0 Å². The quantitative estimate of drug-likeness (QED) is 0.580. The van der Waals surface area contributed by atoms with E-state index in [1.807, 2.05) is 0 Å². The van der Waals surface area contributed by atoms with E-state index in [-0.39, 0.29) is 0 Å². The minimum absolute atomic E-state index is 1.18. The first-order chi connectivity index (χ1) is 5.42. The Kier molecular flexibility index (Phi) is 1.20. The van der Waals surface area contributed by atoms with Gasteiger partial charge in [-0.05, 0) is 42.4 Å². The number of unbranched alkanes of at least 4 members (excludes halogenated alkanes) is 1. The fraction of sp³-hybridized carbons (Fsp3) is 1.00. The first kappa shape index (κ1) is 6.51. The minimum atomic E-state index is 1.18. The van der Waals surface area contributed by atoms with Crippen molar-refractivity contribution in [3.05, 3.63) is 0 Å². The summed E-state index contributed by atoms with van der Waals surface area (Å²) >= 11 is 0. The summed E-state index contributed by atoms with van der Waals surface area (Å²) in [5.74, 6) is 6.16. The summed E-state index contributed by atoms with van der Waals surface area (Å²) in [5.41, 5.74) is 0. The Morgan fingerprint density at radius 1 is 1.09 bits per heavy atom. The van der Waals surface area contributed by atoms with Gasteiger partial charge < -0.3 is 0 Å². The second kappa shape index (κ2) is 2.02. The van der Waals surface area contributed by atoms with Gasteiger partial charge in [0.25, 0.3) is 0 Å². The molecule has 0 nitrogen and oxygen atoms in total. The third-order valence-electron chi connectivity index (χ3n) is 4.48. The van der Waals surface area contributed by atoms with Crippen LogP contribution in [0.5, 0.6) is 0 Å². The second-order valence-electron chi connectivity index (χ2n) is 4.94. The van der Waals surface area contributed by atoms with Gasteiger partial charge in [0.15, 0.2) is 0 Å². The number of hydrogen-bond donors (Lipinski definition) is 0. The first-order valence-corrected chi connectivity index (χ1v) is 5.42. The molecule has 5 atom stereocenters. The fourth-order valence-electron chi connectivity index (χ4n) is 3.75. The molecule has 3 rings (SSSR count). The lowest BCUT2D eigenvalue weighted by Gasteiger charge is -2.53. The Labute approximate surface area is 69.4 Å².